The minimum absolute atomic E-state index is 0. The maximum Gasteiger partial charge on any atom is 0.260 e. The molecule has 1 saturated heterocycles. The van der Waals surface area contributed by atoms with Crippen molar-refractivity contribution in [1.82, 2.24) is 9.88 Å². The molecule has 1 aliphatic heterocycles. The van der Waals surface area contributed by atoms with Gasteiger partial charge in [0.15, 0.2) is 0 Å². The average molecular weight is 300 g/mol. The van der Waals surface area contributed by atoms with Crippen LogP contribution < -0.4 is 11.3 Å². The maximum absolute atomic E-state index is 12.5. The second-order valence-electron chi connectivity index (χ2n) is 5.40. The van der Waals surface area contributed by atoms with E-state index in [1.807, 2.05) is 0 Å². The fraction of sp³-hybridized carbons (Fsp3) is 0.571. The zero-order valence-corrected chi connectivity index (χ0v) is 12.7. The number of hydrogen-bond donors (Lipinski definition) is 2. The van der Waals surface area contributed by atoms with Crippen LogP contribution in [0.2, 0.25) is 0 Å². The Morgan fingerprint density at radius 3 is 2.80 bits per heavy atom. The first-order chi connectivity index (χ1) is 9.02. The summed E-state index contributed by atoms with van der Waals surface area (Å²) >= 11 is 0. The maximum atomic E-state index is 12.5. The molecule has 0 radical (unpaired) electrons. The van der Waals surface area contributed by atoms with Crippen molar-refractivity contribution >= 4 is 18.3 Å². The second kappa shape index (κ2) is 6.90. The summed E-state index contributed by atoms with van der Waals surface area (Å²) in [5.41, 5.74) is 6.39. The fourth-order valence-electron chi connectivity index (χ4n) is 2.64. The lowest BCUT2D eigenvalue weighted by molar-refractivity contribution is 0.0572. The number of piperidine rings is 1. The van der Waals surface area contributed by atoms with Crippen molar-refractivity contribution in [3.8, 4) is 0 Å². The van der Waals surface area contributed by atoms with Gasteiger partial charge in [0.2, 0.25) is 0 Å². The van der Waals surface area contributed by atoms with Crippen LogP contribution in [0, 0.1) is 12.8 Å². The number of aromatic nitrogens is 1. The predicted octanol–water partition coefficient (Wildman–Crippen LogP) is 1.30. The SMILES string of the molecule is Cc1ccc(C(=O)N2CCC(C)CC2CN)c(=O)[nH]1.Cl. The van der Waals surface area contributed by atoms with E-state index < -0.39 is 0 Å². The number of rotatable bonds is 2. The van der Waals surface area contributed by atoms with Crippen molar-refractivity contribution in [1.29, 1.82) is 0 Å². The van der Waals surface area contributed by atoms with Crippen molar-refractivity contribution < 1.29 is 4.79 Å². The standard InChI is InChI=1S/C14H21N3O2.ClH/c1-9-5-6-17(11(7-9)8-15)14(19)12-4-3-10(2)16-13(12)18;/h3-4,9,11H,5-8,15H2,1-2H3,(H,16,18);1H. The van der Waals surface area contributed by atoms with Crippen molar-refractivity contribution in [3.63, 3.8) is 0 Å². The lowest BCUT2D eigenvalue weighted by Gasteiger charge is -2.37. The number of nitrogens with two attached hydrogens (primary N) is 1. The van der Waals surface area contributed by atoms with Crippen molar-refractivity contribution in [2.24, 2.45) is 11.7 Å². The molecule has 3 N–H and O–H groups in total. The van der Waals surface area contributed by atoms with Crippen molar-refractivity contribution in [2.75, 3.05) is 13.1 Å². The average Bonchev–Trinajstić information content (AvgIpc) is 2.37. The van der Waals surface area contributed by atoms with Gasteiger partial charge in [-0.1, -0.05) is 6.92 Å². The summed E-state index contributed by atoms with van der Waals surface area (Å²) in [6.07, 6.45) is 1.87. The summed E-state index contributed by atoms with van der Waals surface area (Å²) in [4.78, 5) is 28.7. The van der Waals surface area contributed by atoms with Gasteiger partial charge in [-0.15, -0.1) is 12.4 Å². The summed E-state index contributed by atoms with van der Waals surface area (Å²) in [7, 11) is 0. The number of amides is 1. The summed E-state index contributed by atoms with van der Waals surface area (Å²) in [6.45, 7) is 5.08. The molecule has 112 valence electrons. The highest BCUT2D eigenvalue weighted by Crippen LogP contribution is 2.23. The van der Waals surface area contributed by atoms with Crippen LogP contribution in [0.25, 0.3) is 0 Å². The number of H-pyrrole nitrogens is 1. The number of nitrogens with one attached hydrogen (secondary N) is 1. The Hall–Kier alpha value is -1.33. The molecule has 1 fully saturated rings. The Morgan fingerprint density at radius 2 is 2.20 bits per heavy atom. The Labute approximate surface area is 125 Å². The highest BCUT2D eigenvalue weighted by atomic mass is 35.5. The quantitative estimate of drug-likeness (QED) is 0.864. The van der Waals surface area contributed by atoms with Crippen LogP contribution in [0.5, 0.6) is 0 Å². The predicted molar refractivity (Wildman–Crippen MR) is 81.3 cm³/mol. The van der Waals surface area contributed by atoms with Gasteiger partial charge in [0.25, 0.3) is 11.5 Å². The molecule has 5 nitrogen and oxygen atoms in total. The molecule has 20 heavy (non-hydrogen) atoms. The van der Waals surface area contributed by atoms with Crippen LogP contribution in [-0.4, -0.2) is 34.9 Å². The van der Waals surface area contributed by atoms with E-state index in [1.165, 1.54) is 0 Å². The molecule has 2 heterocycles. The minimum atomic E-state index is -0.320. The van der Waals surface area contributed by atoms with Gasteiger partial charge in [-0.2, -0.15) is 0 Å². The molecular formula is C14H22ClN3O2. The van der Waals surface area contributed by atoms with Gasteiger partial charge in [0.05, 0.1) is 0 Å². The van der Waals surface area contributed by atoms with E-state index in [0.717, 1.165) is 18.5 Å². The second-order valence-corrected chi connectivity index (χ2v) is 5.40. The zero-order valence-electron chi connectivity index (χ0n) is 11.9. The van der Waals surface area contributed by atoms with Crippen LogP contribution in [0.1, 0.15) is 35.8 Å². The summed E-state index contributed by atoms with van der Waals surface area (Å²) in [5, 5.41) is 0. The summed E-state index contributed by atoms with van der Waals surface area (Å²) < 4.78 is 0. The topological polar surface area (TPSA) is 79.2 Å². The van der Waals surface area contributed by atoms with Gasteiger partial charge in [0, 0.05) is 24.8 Å². The first-order valence-electron chi connectivity index (χ1n) is 6.74. The van der Waals surface area contributed by atoms with Gasteiger partial charge in [-0.3, -0.25) is 9.59 Å². The third-order valence-electron chi connectivity index (χ3n) is 3.80. The number of hydrogen-bond acceptors (Lipinski definition) is 3. The lowest BCUT2D eigenvalue weighted by atomic mass is 9.92. The molecule has 2 rings (SSSR count). The van der Waals surface area contributed by atoms with E-state index in [2.05, 4.69) is 11.9 Å². The molecule has 6 heteroatoms. The first kappa shape index (κ1) is 16.7. The van der Waals surface area contributed by atoms with Crippen LogP contribution in [0.15, 0.2) is 16.9 Å². The Bertz CT molecular complexity index is 529. The smallest absolute Gasteiger partial charge is 0.260 e. The van der Waals surface area contributed by atoms with Crippen LogP contribution in [0.3, 0.4) is 0 Å². The van der Waals surface area contributed by atoms with E-state index in [4.69, 9.17) is 5.73 Å². The minimum Gasteiger partial charge on any atom is -0.334 e. The van der Waals surface area contributed by atoms with Crippen LogP contribution >= 0.6 is 12.4 Å². The largest absolute Gasteiger partial charge is 0.334 e. The molecule has 1 aliphatic rings. The molecule has 0 bridgehead atoms. The van der Waals surface area contributed by atoms with Crippen LogP contribution in [0.4, 0.5) is 0 Å². The van der Waals surface area contributed by atoms with E-state index in [0.29, 0.717) is 19.0 Å². The molecule has 2 atom stereocenters. The first-order valence-corrected chi connectivity index (χ1v) is 6.74. The molecule has 0 aliphatic carbocycles. The molecule has 0 saturated carbocycles. The van der Waals surface area contributed by atoms with Gasteiger partial charge >= 0.3 is 0 Å². The normalized spacial score (nSPS) is 22.2. The molecule has 2 unspecified atom stereocenters. The Kier molecular flexibility index (Phi) is 5.77. The molecule has 1 aromatic rings. The van der Waals surface area contributed by atoms with Gasteiger partial charge in [0.1, 0.15) is 5.56 Å². The number of aryl methyl sites for hydroxylation is 1. The number of nitrogens with zero attached hydrogens (tertiary/aromatic N) is 1. The van der Waals surface area contributed by atoms with Crippen molar-refractivity contribution in [3.05, 3.63) is 33.7 Å². The zero-order chi connectivity index (χ0) is 14.0. The molecule has 1 amide bonds. The molecular weight excluding hydrogens is 278 g/mol. The van der Waals surface area contributed by atoms with Gasteiger partial charge in [-0.25, -0.2) is 0 Å². The van der Waals surface area contributed by atoms with Crippen LogP contribution in [-0.2, 0) is 0 Å². The summed E-state index contributed by atoms with van der Waals surface area (Å²) in [6, 6.07) is 3.39. The third-order valence-corrected chi connectivity index (χ3v) is 3.80. The highest BCUT2D eigenvalue weighted by molar-refractivity contribution is 5.94. The van der Waals surface area contributed by atoms with E-state index >= 15 is 0 Å². The lowest BCUT2D eigenvalue weighted by Crippen LogP contribution is -2.50. The van der Waals surface area contributed by atoms with E-state index in [1.54, 1.807) is 24.0 Å². The Morgan fingerprint density at radius 1 is 1.50 bits per heavy atom. The number of carbonyl (C=O) groups is 1. The highest BCUT2D eigenvalue weighted by Gasteiger charge is 2.30. The number of likely N-dealkylation sites (tertiary alicyclic amines) is 1. The van der Waals surface area contributed by atoms with Crippen molar-refractivity contribution in [2.45, 2.75) is 32.7 Å². The number of pyridine rings is 1. The molecule has 0 spiro atoms. The number of carbonyl (C=O) groups excluding carboxylic acids is 1. The van der Waals surface area contributed by atoms with E-state index in [9.17, 15) is 9.59 Å². The van der Waals surface area contributed by atoms with Gasteiger partial charge in [-0.05, 0) is 37.8 Å². The molecule has 0 aromatic carbocycles. The number of halogens is 1. The fourth-order valence-corrected chi connectivity index (χ4v) is 2.64. The molecule has 1 aromatic heterocycles. The Balaban J connectivity index is 0.00000200. The number of aromatic amines is 1. The summed E-state index contributed by atoms with van der Waals surface area (Å²) in [5.74, 6) is 0.373. The monoisotopic (exact) mass is 299 g/mol. The third kappa shape index (κ3) is 3.41. The van der Waals surface area contributed by atoms with E-state index in [-0.39, 0.29) is 35.5 Å². The van der Waals surface area contributed by atoms with Gasteiger partial charge < -0.3 is 15.6 Å².